The van der Waals surface area contributed by atoms with Crippen LogP contribution in [0.25, 0.3) is 11.1 Å². The average molecular weight is 230 g/mol. The number of hydrogen-bond acceptors (Lipinski definition) is 3. The van der Waals surface area contributed by atoms with Crippen molar-refractivity contribution >= 4 is 5.91 Å². The van der Waals surface area contributed by atoms with Crippen molar-refractivity contribution in [3.63, 3.8) is 0 Å². The lowest BCUT2D eigenvalue weighted by atomic mass is 9.98. The van der Waals surface area contributed by atoms with Crippen LogP contribution in [0.4, 0.5) is 0 Å². The summed E-state index contributed by atoms with van der Waals surface area (Å²) in [5.41, 5.74) is 9.37. The molecule has 1 aromatic carbocycles. The summed E-state index contributed by atoms with van der Waals surface area (Å²) in [4.78, 5) is 11.3. The Balaban J connectivity index is 2.62. The lowest BCUT2D eigenvalue weighted by Crippen LogP contribution is -2.12. The van der Waals surface area contributed by atoms with Gasteiger partial charge in [-0.2, -0.15) is 0 Å². The predicted octanol–water partition coefficient (Wildman–Crippen LogP) is 2.37. The van der Waals surface area contributed by atoms with Gasteiger partial charge < -0.3 is 10.3 Å². The summed E-state index contributed by atoms with van der Waals surface area (Å²) < 4.78 is 5.11. The Morgan fingerprint density at radius 2 is 2.00 bits per heavy atom. The SMILES string of the molecule is Cc1ccc(-c2c(C)noc2C)cc1C(N)=O. The summed E-state index contributed by atoms with van der Waals surface area (Å²) in [5.74, 6) is 0.317. The van der Waals surface area contributed by atoms with Crippen LogP contribution in [-0.2, 0) is 0 Å². The summed E-state index contributed by atoms with van der Waals surface area (Å²) >= 11 is 0. The topological polar surface area (TPSA) is 69.1 Å². The van der Waals surface area contributed by atoms with Crippen LogP contribution in [0.5, 0.6) is 0 Å². The van der Waals surface area contributed by atoms with Crippen molar-refractivity contribution in [3.8, 4) is 11.1 Å². The molecular formula is C13H14N2O2. The monoisotopic (exact) mass is 230 g/mol. The molecule has 2 rings (SSSR count). The molecule has 88 valence electrons. The van der Waals surface area contributed by atoms with Crippen LogP contribution >= 0.6 is 0 Å². The highest BCUT2D eigenvalue weighted by molar-refractivity contribution is 5.95. The zero-order valence-corrected chi connectivity index (χ0v) is 10.1. The normalized spacial score (nSPS) is 10.5. The van der Waals surface area contributed by atoms with E-state index in [-0.39, 0.29) is 0 Å². The maximum atomic E-state index is 11.3. The maximum Gasteiger partial charge on any atom is 0.248 e. The first-order valence-electron chi connectivity index (χ1n) is 5.34. The molecule has 0 radical (unpaired) electrons. The van der Waals surface area contributed by atoms with E-state index in [0.29, 0.717) is 5.56 Å². The number of primary amides is 1. The number of nitrogens with two attached hydrogens (primary N) is 1. The van der Waals surface area contributed by atoms with Crippen molar-refractivity contribution < 1.29 is 9.32 Å². The lowest BCUT2D eigenvalue weighted by molar-refractivity contribution is 0.1000. The first kappa shape index (κ1) is 11.4. The van der Waals surface area contributed by atoms with Crippen LogP contribution in [0.1, 0.15) is 27.4 Å². The van der Waals surface area contributed by atoms with Gasteiger partial charge in [-0.1, -0.05) is 17.3 Å². The van der Waals surface area contributed by atoms with Gasteiger partial charge in [0.1, 0.15) is 5.76 Å². The largest absolute Gasteiger partial charge is 0.366 e. The third-order valence-corrected chi connectivity index (χ3v) is 2.83. The number of benzene rings is 1. The van der Waals surface area contributed by atoms with Crippen LogP contribution < -0.4 is 5.73 Å². The Hall–Kier alpha value is -2.10. The quantitative estimate of drug-likeness (QED) is 0.861. The molecule has 0 saturated heterocycles. The van der Waals surface area contributed by atoms with Crippen LogP contribution in [0.2, 0.25) is 0 Å². The molecule has 0 atom stereocenters. The number of nitrogens with zero attached hydrogens (tertiary/aromatic N) is 1. The lowest BCUT2D eigenvalue weighted by Gasteiger charge is -2.05. The molecule has 1 amide bonds. The molecule has 2 aromatic rings. The first-order chi connectivity index (χ1) is 8.00. The minimum atomic E-state index is -0.420. The van der Waals surface area contributed by atoms with Crippen LogP contribution in [-0.4, -0.2) is 11.1 Å². The van der Waals surface area contributed by atoms with Gasteiger partial charge in [-0.15, -0.1) is 0 Å². The van der Waals surface area contributed by atoms with E-state index in [0.717, 1.165) is 28.1 Å². The molecule has 0 fully saturated rings. The Labute approximate surface area is 99.4 Å². The number of carbonyl (C=O) groups excluding carboxylic acids is 1. The molecular weight excluding hydrogens is 216 g/mol. The van der Waals surface area contributed by atoms with Crippen LogP contribution in [0.15, 0.2) is 22.7 Å². The van der Waals surface area contributed by atoms with E-state index in [9.17, 15) is 4.79 Å². The molecule has 1 aromatic heterocycles. The molecule has 0 unspecified atom stereocenters. The van der Waals surface area contributed by atoms with Gasteiger partial charge in [-0.05, 0) is 38.0 Å². The molecule has 4 heteroatoms. The fourth-order valence-electron chi connectivity index (χ4n) is 1.94. The molecule has 17 heavy (non-hydrogen) atoms. The van der Waals surface area contributed by atoms with Crippen molar-refractivity contribution in [1.82, 2.24) is 5.16 Å². The zero-order chi connectivity index (χ0) is 12.6. The van der Waals surface area contributed by atoms with Gasteiger partial charge in [0.25, 0.3) is 0 Å². The van der Waals surface area contributed by atoms with Crippen LogP contribution in [0, 0.1) is 20.8 Å². The summed E-state index contributed by atoms with van der Waals surface area (Å²) in [5, 5.41) is 3.90. The second-order valence-electron chi connectivity index (χ2n) is 4.09. The van der Waals surface area contributed by atoms with E-state index in [2.05, 4.69) is 5.16 Å². The summed E-state index contributed by atoms with van der Waals surface area (Å²) in [6.45, 7) is 5.58. The number of rotatable bonds is 2. The number of aromatic nitrogens is 1. The minimum Gasteiger partial charge on any atom is -0.366 e. The second-order valence-corrected chi connectivity index (χ2v) is 4.09. The molecule has 0 aliphatic rings. The van der Waals surface area contributed by atoms with Crippen LogP contribution in [0.3, 0.4) is 0 Å². The number of carbonyl (C=O) groups is 1. The van der Waals surface area contributed by atoms with Crippen molar-refractivity contribution in [3.05, 3.63) is 40.8 Å². The van der Waals surface area contributed by atoms with E-state index in [1.165, 1.54) is 0 Å². The molecule has 0 aliphatic carbocycles. The molecule has 4 nitrogen and oxygen atoms in total. The smallest absolute Gasteiger partial charge is 0.248 e. The molecule has 2 N–H and O–H groups in total. The van der Waals surface area contributed by atoms with Crippen molar-refractivity contribution in [2.24, 2.45) is 5.73 Å². The van der Waals surface area contributed by atoms with Gasteiger partial charge in [0, 0.05) is 11.1 Å². The highest BCUT2D eigenvalue weighted by Crippen LogP contribution is 2.28. The van der Waals surface area contributed by atoms with Gasteiger partial charge in [-0.3, -0.25) is 4.79 Å². The van der Waals surface area contributed by atoms with E-state index < -0.39 is 5.91 Å². The first-order valence-corrected chi connectivity index (χ1v) is 5.34. The standard InChI is InChI=1S/C13H14N2O2/c1-7-4-5-10(6-11(7)13(14)16)12-8(2)15-17-9(12)3/h4-6H,1-3H3,(H2,14,16). The Kier molecular flexibility index (Phi) is 2.71. The Bertz CT molecular complexity index is 566. The van der Waals surface area contributed by atoms with Gasteiger partial charge >= 0.3 is 0 Å². The summed E-state index contributed by atoms with van der Waals surface area (Å²) in [7, 11) is 0. The number of hydrogen-bond donors (Lipinski definition) is 1. The average Bonchev–Trinajstić information content (AvgIpc) is 2.59. The highest BCUT2D eigenvalue weighted by Gasteiger charge is 2.14. The van der Waals surface area contributed by atoms with E-state index in [4.69, 9.17) is 10.3 Å². The van der Waals surface area contributed by atoms with Gasteiger partial charge in [0.15, 0.2) is 0 Å². The third-order valence-electron chi connectivity index (χ3n) is 2.83. The van der Waals surface area contributed by atoms with E-state index >= 15 is 0 Å². The fraction of sp³-hybridized carbons (Fsp3) is 0.231. The number of aryl methyl sites for hydroxylation is 3. The molecule has 0 bridgehead atoms. The molecule has 1 heterocycles. The molecule has 0 spiro atoms. The number of amides is 1. The van der Waals surface area contributed by atoms with Crippen molar-refractivity contribution in [2.75, 3.05) is 0 Å². The van der Waals surface area contributed by atoms with Gasteiger partial charge in [0.2, 0.25) is 5.91 Å². The van der Waals surface area contributed by atoms with Gasteiger partial charge in [0.05, 0.1) is 5.69 Å². The summed E-state index contributed by atoms with van der Waals surface area (Å²) in [6, 6.07) is 5.60. The Morgan fingerprint density at radius 1 is 1.29 bits per heavy atom. The highest BCUT2D eigenvalue weighted by atomic mass is 16.5. The van der Waals surface area contributed by atoms with Gasteiger partial charge in [-0.25, -0.2) is 0 Å². The Morgan fingerprint density at radius 3 is 2.53 bits per heavy atom. The minimum absolute atomic E-state index is 0.420. The van der Waals surface area contributed by atoms with Crippen molar-refractivity contribution in [1.29, 1.82) is 0 Å². The second kappa shape index (κ2) is 4.05. The fourth-order valence-corrected chi connectivity index (χ4v) is 1.94. The van der Waals surface area contributed by atoms with E-state index in [1.807, 2.05) is 32.9 Å². The summed E-state index contributed by atoms with van der Waals surface area (Å²) in [6.07, 6.45) is 0. The van der Waals surface area contributed by atoms with Crippen molar-refractivity contribution in [2.45, 2.75) is 20.8 Å². The predicted molar refractivity (Wildman–Crippen MR) is 64.7 cm³/mol. The maximum absolute atomic E-state index is 11.3. The third kappa shape index (κ3) is 1.93. The molecule has 0 aliphatic heterocycles. The zero-order valence-electron chi connectivity index (χ0n) is 10.1. The molecule has 0 saturated carbocycles. The van der Waals surface area contributed by atoms with E-state index in [1.54, 1.807) is 6.07 Å².